The number of nitrogens with zero attached hydrogens (tertiary/aromatic N) is 1. The summed E-state index contributed by atoms with van der Waals surface area (Å²) in [6.45, 7) is 4.34. The molecule has 2 aromatic carbocycles. The van der Waals surface area contributed by atoms with Gasteiger partial charge in [-0.2, -0.15) is 0 Å². The van der Waals surface area contributed by atoms with E-state index in [0.29, 0.717) is 0 Å². The summed E-state index contributed by atoms with van der Waals surface area (Å²) < 4.78 is 0. The summed E-state index contributed by atoms with van der Waals surface area (Å²) in [5.74, 6) is 0.769. The van der Waals surface area contributed by atoms with Gasteiger partial charge in [0.1, 0.15) is 5.60 Å². The molecule has 2 atom stereocenters. The van der Waals surface area contributed by atoms with E-state index in [1.165, 1.54) is 18.4 Å². The van der Waals surface area contributed by atoms with Gasteiger partial charge in [0.25, 0.3) is 0 Å². The molecule has 2 aromatic rings. The van der Waals surface area contributed by atoms with Crippen LogP contribution in [0.25, 0.3) is 0 Å². The lowest BCUT2D eigenvalue weighted by Gasteiger charge is -2.52. The second-order valence-electron chi connectivity index (χ2n) is 7.23. The van der Waals surface area contributed by atoms with Crippen molar-refractivity contribution >= 4 is 12.4 Å². The molecule has 2 unspecified atom stereocenters. The molecule has 3 saturated heterocycles. The Kier molecular flexibility index (Phi) is 5.00. The average Bonchev–Trinajstić information content (AvgIpc) is 2.63. The van der Waals surface area contributed by atoms with E-state index in [-0.39, 0.29) is 18.4 Å². The zero-order valence-electron chi connectivity index (χ0n) is 14.2. The number of hydrogen-bond donors (Lipinski definition) is 1. The number of benzene rings is 2. The van der Waals surface area contributed by atoms with Crippen LogP contribution in [-0.2, 0) is 5.60 Å². The van der Waals surface area contributed by atoms with Crippen molar-refractivity contribution in [3.8, 4) is 0 Å². The summed E-state index contributed by atoms with van der Waals surface area (Å²) in [5, 5.41) is 12.0. The molecule has 0 aliphatic carbocycles. The molecule has 1 N–H and O–H groups in total. The van der Waals surface area contributed by atoms with Crippen molar-refractivity contribution in [2.24, 2.45) is 5.92 Å². The maximum atomic E-state index is 12.0. The van der Waals surface area contributed by atoms with Crippen LogP contribution in [0.2, 0.25) is 0 Å². The van der Waals surface area contributed by atoms with E-state index in [4.69, 9.17) is 0 Å². The molecule has 2 nitrogen and oxygen atoms in total. The monoisotopic (exact) mass is 343 g/mol. The molecule has 3 heteroatoms. The number of rotatable bonds is 3. The molecule has 3 fully saturated rings. The third-order valence-corrected chi connectivity index (χ3v) is 5.80. The van der Waals surface area contributed by atoms with Crippen molar-refractivity contribution < 1.29 is 5.11 Å². The molecule has 0 amide bonds. The summed E-state index contributed by atoms with van der Waals surface area (Å²) in [4.78, 5) is 2.51. The van der Waals surface area contributed by atoms with E-state index in [1.54, 1.807) is 0 Å². The minimum Gasteiger partial charge on any atom is -0.379 e. The summed E-state index contributed by atoms with van der Waals surface area (Å²) in [6, 6.07) is 18.8. The van der Waals surface area contributed by atoms with E-state index in [2.05, 4.69) is 48.2 Å². The van der Waals surface area contributed by atoms with Crippen LogP contribution in [0.5, 0.6) is 0 Å². The van der Waals surface area contributed by atoms with Gasteiger partial charge in [0.15, 0.2) is 0 Å². The molecule has 2 bridgehead atoms. The number of piperidine rings is 3. The largest absolute Gasteiger partial charge is 0.379 e. The average molecular weight is 344 g/mol. The Morgan fingerprint density at radius 3 is 2.21 bits per heavy atom. The normalized spacial score (nSPS) is 28.0. The fraction of sp³-hybridized carbons (Fsp3) is 0.429. The number of aliphatic hydroxyl groups is 1. The van der Waals surface area contributed by atoms with E-state index in [0.717, 1.165) is 36.6 Å². The summed E-state index contributed by atoms with van der Waals surface area (Å²) in [6.07, 6.45) is 3.67. The number of halogens is 1. The van der Waals surface area contributed by atoms with E-state index in [1.807, 2.05) is 18.2 Å². The summed E-state index contributed by atoms with van der Waals surface area (Å²) in [7, 11) is 0. The maximum absolute atomic E-state index is 12.0. The molecular formula is C21H26ClNO. The Hall–Kier alpha value is -1.35. The Bertz CT molecular complexity index is 681. The lowest BCUT2D eigenvalue weighted by Crippen LogP contribution is -2.58. The zero-order chi connectivity index (χ0) is 15.9. The zero-order valence-corrected chi connectivity index (χ0v) is 15.0. The fourth-order valence-corrected chi connectivity index (χ4v) is 4.53. The molecule has 0 radical (unpaired) electrons. The minimum atomic E-state index is -0.924. The number of aryl methyl sites for hydroxylation is 1. The van der Waals surface area contributed by atoms with Crippen LogP contribution in [-0.4, -0.2) is 29.1 Å². The first-order chi connectivity index (χ1) is 11.2. The van der Waals surface area contributed by atoms with Gasteiger partial charge in [-0.05, 0) is 56.3 Å². The van der Waals surface area contributed by atoms with Crippen LogP contribution in [0.3, 0.4) is 0 Å². The van der Waals surface area contributed by atoms with Crippen LogP contribution in [0, 0.1) is 12.8 Å². The van der Waals surface area contributed by atoms with E-state index >= 15 is 0 Å². The second-order valence-corrected chi connectivity index (χ2v) is 7.23. The smallest absolute Gasteiger partial charge is 0.130 e. The van der Waals surface area contributed by atoms with Crippen molar-refractivity contribution in [2.45, 2.75) is 37.8 Å². The lowest BCUT2D eigenvalue weighted by atomic mass is 9.71. The molecule has 0 saturated carbocycles. The van der Waals surface area contributed by atoms with Crippen molar-refractivity contribution in [2.75, 3.05) is 13.1 Å². The Labute approximate surface area is 150 Å². The Balaban J connectivity index is 0.00000169. The van der Waals surface area contributed by atoms with E-state index in [9.17, 15) is 5.11 Å². The molecule has 5 rings (SSSR count). The van der Waals surface area contributed by atoms with Gasteiger partial charge >= 0.3 is 0 Å². The quantitative estimate of drug-likeness (QED) is 0.905. The molecule has 128 valence electrons. The van der Waals surface area contributed by atoms with Gasteiger partial charge in [0.2, 0.25) is 0 Å². The highest BCUT2D eigenvalue weighted by Crippen LogP contribution is 2.44. The van der Waals surface area contributed by atoms with Crippen molar-refractivity contribution in [1.29, 1.82) is 0 Å². The first kappa shape index (κ1) is 17.5. The summed E-state index contributed by atoms with van der Waals surface area (Å²) in [5.41, 5.74) is 2.32. The Morgan fingerprint density at radius 1 is 0.958 bits per heavy atom. The third-order valence-electron chi connectivity index (χ3n) is 5.80. The second kappa shape index (κ2) is 6.87. The van der Waals surface area contributed by atoms with Gasteiger partial charge in [-0.25, -0.2) is 0 Å². The van der Waals surface area contributed by atoms with Gasteiger partial charge in [0, 0.05) is 6.04 Å². The minimum absolute atomic E-state index is 0. The van der Waals surface area contributed by atoms with Crippen LogP contribution < -0.4 is 0 Å². The highest BCUT2D eigenvalue weighted by Gasteiger charge is 2.48. The molecule has 3 aliphatic heterocycles. The SMILES string of the molecule is Cc1cccc(C(O)(c2ccccc2)C2CC3CCN2CC3)c1.Cl. The highest BCUT2D eigenvalue weighted by atomic mass is 35.5. The van der Waals surface area contributed by atoms with Gasteiger partial charge in [0.05, 0.1) is 0 Å². The molecule has 0 spiro atoms. The molecule has 0 aromatic heterocycles. The van der Waals surface area contributed by atoms with Gasteiger partial charge in [-0.1, -0.05) is 60.2 Å². The molecule has 24 heavy (non-hydrogen) atoms. The number of fused-ring (bicyclic) bond motifs is 3. The predicted octanol–water partition coefficient (Wildman–Crippen LogP) is 4.14. The van der Waals surface area contributed by atoms with Crippen LogP contribution in [0.15, 0.2) is 54.6 Å². The number of hydrogen-bond acceptors (Lipinski definition) is 2. The first-order valence-electron chi connectivity index (χ1n) is 8.77. The molecule has 3 heterocycles. The van der Waals surface area contributed by atoms with Gasteiger partial charge in [-0.15, -0.1) is 12.4 Å². The van der Waals surface area contributed by atoms with Gasteiger partial charge in [-0.3, -0.25) is 4.90 Å². The van der Waals surface area contributed by atoms with Gasteiger partial charge < -0.3 is 5.11 Å². The molecule has 3 aliphatic rings. The van der Waals surface area contributed by atoms with Crippen LogP contribution in [0.4, 0.5) is 0 Å². The molecular weight excluding hydrogens is 318 g/mol. The van der Waals surface area contributed by atoms with Crippen LogP contribution >= 0.6 is 12.4 Å². The van der Waals surface area contributed by atoms with Crippen molar-refractivity contribution in [3.63, 3.8) is 0 Å². The fourth-order valence-electron chi connectivity index (χ4n) is 4.53. The Morgan fingerprint density at radius 2 is 1.62 bits per heavy atom. The first-order valence-corrected chi connectivity index (χ1v) is 8.77. The van der Waals surface area contributed by atoms with Crippen molar-refractivity contribution in [1.82, 2.24) is 4.90 Å². The highest BCUT2D eigenvalue weighted by molar-refractivity contribution is 5.85. The maximum Gasteiger partial charge on any atom is 0.130 e. The van der Waals surface area contributed by atoms with E-state index < -0.39 is 5.60 Å². The lowest BCUT2D eigenvalue weighted by molar-refractivity contribution is -0.0746. The standard InChI is InChI=1S/C21H25NO.ClH/c1-16-6-5-9-19(14-16)21(23,18-7-3-2-4-8-18)20-15-17-10-12-22(20)13-11-17;/h2-9,14,17,20,23H,10-13,15H2,1H3;1H. The predicted molar refractivity (Wildman–Crippen MR) is 101 cm³/mol. The van der Waals surface area contributed by atoms with Crippen LogP contribution in [0.1, 0.15) is 36.0 Å². The third kappa shape index (κ3) is 2.88. The topological polar surface area (TPSA) is 23.5 Å². The van der Waals surface area contributed by atoms with Crippen molar-refractivity contribution in [3.05, 3.63) is 71.3 Å². The summed E-state index contributed by atoms with van der Waals surface area (Å²) >= 11 is 0.